The van der Waals surface area contributed by atoms with Gasteiger partial charge < -0.3 is 15.0 Å². The second kappa shape index (κ2) is 8.04. The van der Waals surface area contributed by atoms with Gasteiger partial charge in [0, 0.05) is 38.2 Å². The van der Waals surface area contributed by atoms with Gasteiger partial charge >= 0.3 is 0 Å². The van der Waals surface area contributed by atoms with E-state index in [1.54, 1.807) is 7.11 Å². The Morgan fingerprint density at radius 1 is 1.25 bits per heavy atom. The number of anilines is 2. The molecule has 0 atom stereocenters. The molecule has 0 saturated carbocycles. The van der Waals surface area contributed by atoms with E-state index < -0.39 is 0 Å². The van der Waals surface area contributed by atoms with Crippen LogP contribution >= 0.6 is 0 Å². The Bertz CT molecular complexity index is 407. The lowest BCUT2D eigenvalue weighted by atomic mass is 10.2. The molecule has 20 heavy (non-hydrogen) atoms. The van der Waals surface area contributed by atoms with Gasteiger partial charge in [0.15, 0.2) is 0 Å². The molecule has 114 valence electrons. The fourth-order valence-corrected chi connectivity index (χ4v) is 1.96. The topological polar surface area (TPSA) is 50.3 Å². The Morgan fingerprint density at radius 2 is 1.95 bits per heavy atom. The lowest BCUT2D eigenvalue weighted by Crippen LogP contribution is -2.35. The highest BCUT2D eigenvalue weighted by Crippen LogP contribution is 2.21. The third-order valence-electron chi connectivity index (χ3n) is 3.06. The van der Waals surface area contributed by atoms with Crippen molar-refractivity contribution < 1.29 is 4.74 Å². The Labute approximate surface area is 122 Å². The summed E-state index contributed by atoms with van der Waals surface area (Å²) in [5.74, 6) is 3.04. The molecule has 1 heterocycles. The van der Waals surface area contributed by atoms with Crippen molar-refractivity contribution in [1.82, 2.24) is 9.97 Å². The SMILES string of the molecule is CCNc1cc(N(CCOC)C(C)C)nc(C(C)C)n1. The van der Waals surface area contributed by atoms with Gasteiger partial charge in [-0.3, -0.25) is 0 Å². The average molecular weight is 280 g/mol. The number of ether oxygens (including phenoxy) is 1. The lowest BCUT2D eigenvalue weighted by molar-refractivity contribution is 0.203. The summed E-state index contributed by atoms with van der Waals surface area (Å²) in [4.78, 5) is 11.5. The molecule has 1 rings (SSSR count). The lowest BCUT2D eigenvalue weighted by Gasteiger charge is -2.28. The first-order valence-corrected chi connectivity index (χ1v) is 7.38. The average Bonchev–Trinajstić information content (AvgIpc) is 2.39. The fraction of sp³-hybridized carbons (Fsp3) is 0.733. The number of nitrogens with one attached hydrogen (secondary N) is 1. The summed E-state index contributed by atoms with van der Waals surface area (Å²) in [7, 11) is 1.72. The van der Waals surface area contributed by atoms with Crippen molar-refractivity contribution in [2.75, 3.05) is 37.0 Å². The number of nitrogens with zero attached hydrogens (tertiary/aromatic N) is 3. The van der Waals surface area contributed by atoms with Gasteiger partial charge in [-0.15, -0.1) is 0 Å². The maximum absolute atomic E-state index is 5.20. The molecule has 0 aliphatic carbocycles. The van der Waals surface area contributed by atoms with E-state index in [2.05, 4.69) is 49.8 Å². The summed E-state index contributed by atoms with van der Waals surface area (Å²) in [6, 6.07) is 2.39. The highest BCUT2D eigenvalue weighted by molar-refractivity contribution is 5.50. The summed E-state index contributed by atoms with van der Waals surface area (Å²) in [5.41, 5.74) is 0. The summed E-state index contributed by atoms with van der Waals surface area (Å²) >= 11 is 0. The van der Waals surface area contributed by atoms with Crippen molar-refractivity contribution in [1.29, 1.82) is 0 Å². The van der Waals surface area contributed by atoms with E-state index in [9.17, 15) is 0 Å². The third kappa shape index (κ3) is 4.63. The van der Waals surface area contributed by atoms with Crippen LogP contribution < -0.4 is 10.2 Å². The van der Waals surface area contributed by atoms with Gasteiger partial charge in [-0.1, -0.05) is 13.8 Å². The second-order valence-corrected chi connectivity index (χ2v) is 5.43. The van der Waals surface area contributed by atoms with Crippen LogP contribution in [-0.4, -0.2) is 42.8 Å². The minimum absolute atomic E-state index is 0.309. The van der Waals surface area contributed by atoms with Gasteiger partial charge in [0.05, 0.1) is 6.61 Å². The van der Waals surface area contributed by atoms with E-state index >= 15 is 0 Å². The van der Waals surface area contributed by atoms with Crippen LogP contribution in [0.25, 0.3) is 0 Å². The third-order valence-corrected chi connectivity index (χ3v) is 3.06. The monoisotopic (exact) mass is 280 g/mol. The molecule has 0 radical (unpaired) electrons. The molecule has 1 aromatic heterocycles. The predicted molar refractivity (Wildman–Crippen MR) is 84.6 cm³/mol. The number of rotatable bonds is 8. The van der Waals surface area contributed by atoms with Crippen LogP contribution in [0.1, 0.15) is 46.4 Å². The van der Waals surface area contributed by atoms with Crippen LogP contribution in [-0.2, 0) is 4.74 Å². The van der Waals surface area contributed by atoms with Crippen molar-refractivity contribution in [3.8, 4) is 0 Å². The summed E-state index contributed by atoms with van der Waals surface area (Å²) < 4.78 is 5.20. The Kier molecular flexibility index (Phi) is 6.71. The fourth-order valence-electron chi connectivity index (χ4n) is 1.96. The molecule has 0 spiro atoms. The van der Waals surface area contributed by atoms with Gasteiger partial charge in [-0.2, -0.15) is 0 Å². The first kappa shape index (κ1) is 16.7. The van der Waals surface area contributed by atoms with Crippen molar-refractivity contribution in [2.24, 2.45) is 0 Å². The number of methoxy groups -OCH3 is 1. The van der Waals surface area contributed by atoms with E-state index in [4.69, 9.17) is 9.72 Å². The molecule has 5 heteroatoms. The number of hydrogen-bond donors (Lipinski definition) is 1. The largest absolute Gasteiger partial charge is 0.383 e. The van der Waals surface area contributed by atoms with Gasteiger partial charge in [-0.05, 0) is 20.8 Å². The molecule has 0 unspecified atom stereocenters. The van der Waals surface area contributed by atoms with Crippen LogP contribution in [0, 0.1) is 0 Å². The standard InChI is InChI=1S/C15H28N4O/c1-7-16-13-10-14(18-15(17-13)11(2)3)19(12(4)5)8-9-20-6/h10-12H,7-9H2,1-6H3,(H,16,17,18). The summed E-state index contributed by atoms with van der Waals surface area (Å²) in [6.07, 6.45) is 0. The van der Waals surface area contributed by atoms with Crippen LogP contribution in [0.4, 0.5) is 11.6 Å². The Morgan fingerprint density at radius 3 is 2.45 bits per heavy atom. The van der Waals surface area contributed by atoms with Crippen molar-refractivity contribution in [3.05, 3.63) is 11.9 Å². The van der Waals surface area contributed by atoms with Crippen LogP contribution in [0.15, 0.2) is 6.07 Å². The second-order valence-electron chi connectivity index (χ2n) is 5.43. The zero-order chi connectivity index (χ0) is 15.1. The highest BCUT2D eigenvalue weighted by atomic mass is 16.5. The summed E-state index contributed by atoms with van der Waals surface area (Å²) in [5, 5.41) is 3.28. The molecule has 0 aliphatic rings. The molecule has 1 N–H and O–H groups in total. The molecular formula is C15H28N4O. The predicted octanol–water partition coefficient (Wildman–Crippen LogP) is 2.89. The normalized spacial score (nSPS) is 11.2. The van der Waals surface area contributed by atoms with Crippen LogP contribution in [0.5, 0.6) is 0 Å². The molecular weight excluding hydrogens is 252 g/mol. The summed E-state index contributed by atoms with van der Waals surface area (Å²) in [6.45, 7) is 13.0. The number of hydrogen-bond acceptors (Lipinski definition) is 5. The van der Waals surface area contributed by atoms with E-state index in [1.807, 2.05) is 6.07 Å². The van der Waals surface area contributed by atoms with Gasteiger partial charge in [0.1, 0.15) is 17.5 Å². The molecule has 0 amide bonds. The quantitative estimate of drug-likeness (QED) is 0.793. The Balaban J connectivity index is 3.11. The van der Waals surface area contributed by atoms with E-state index in [0.717, 1.165) is 30.5 Å². The smallest absolute Gasteiger partial charge is 0.135 e. The molecule has 0 aliphatic heterocycles. The van der Waals surface area contributed by atoms with Gasteiger partial charge in [-0.25, -0.2) is 9.97 Å². The highest BCUT2D eigenvalue weighted by Gasteiger charge is 2.15. The molecule has 0 bridgehead atoms. The minimum Gasteiger partial charge on any atom is -0.383 e. The van der Waals surface area contributed by atoms with Gasteiger partial charge in [0.2, 0.25) is 0 Å². The van der Waals surface area contributed by atoms with E-state index in [-0.39, 0.29) is 0 Å². The maximum atomic E-state index is 5.20. The van der Waals surface area contributed by atoms with E-state index in [0.29, 0.717) is 18.6 Å². The maximum Gasteiger partial charge on any atom is 0.135 e. The van der Waals surface area contributed by atoms with Crippen LogP contribution in [0.2, 0.25) is 0 Å². The first-order valence-electron chi connectivity index (χ1n) is 7.38. The molecule has 0 aromatic carbocycles. The number of aromatic nitrogens is 2. The first-order chi connectivity index (χ1) is 9.49. The van der Waals surface area contributed by atoms with Crippen LogP contribution in [0.3, 0.4) is 0 Å². The van der Waals surface area contributed by atoms with Gasteiger partial charge in [0.25, 0.3) is 0 Å². The molecule has 0 fully saturated rings. The Hall–Kier alpha value is -1.36. The molecule has 0 saturated heterocycles. The van der Waals surface area contributed by atoms with Crippen molar-refractivity contribution in [3.63, 3.8) is 0 Å². The van der Waals surface area contributed by atoms with E-state index in [1.165, 1.54) is 0 Å². The molecule has 1 aromatic rings. The zero-order valence-corrected chi connectivity index (χ0v) is 13.6. The van der Waals surface area contributed by atoms with Crippen molar-refractivity contribution >= 4 is 11.6 Å². The minimum atomic E-state index is 0.309. The van der Waals surface area contributed by atoms with Crippen molar-refractivity contribution in [2.45, 2.75) is 46.6 Å². The zero-order valence-electron chi connectivity index (χ0n) is 13.6. The molecule has 5 nitrogen and oxygen atoms in total.